The van der Waals surface area contributed by atoms with E-state index in [-0.39, 0.29) is 5.56 Å². The third kappa shape index (κ3) is 4.27. The predicted octanol–water partition coefficient (Wildman–Crippen LogP) is 4.22. The Morgan fingerprint density at radius 3 is 2.47 bits per heavy atom. The molecule has 0 amide bonds. The van der Waals surface area contributed by atoms with Crippen molar-refractivity contribution in [1.82, 2.24) is 0 Å². The van der Waals surface area contributed by atoms with E-state index >= 15 is 0 Å². The largest absolute Gasteiger partial charge is 0.419 e. The van der Waals surface area contributed by atoms with E-state index in [4.69, 9.17) is 11.6 Å². The summed E-state index contributed by atoms with van der Waals surface area (Å²) in [5, 5.41) is 0. The van der Waals surface area contributed by atoms with Gasteiger partial charge >= 0.3 is 6.18 Å². The minimum absolute atomic E-state index is 0.227. The molecule has 0 aliphatic carbocycles. The Bertz CT molecular complexity index is 440. The number of hydrogen-bond acceptors (Lipinski definition) is 0. The Hall–Kier alpha value is -1.21. The topological polar surface area (TPSA) is 0 Å². The molecular formula is C12H9ClF4. The average molecular weight is 265 g/mol. The van der Waals surface area contributed by atoms with Crippen LogP contribution in [-0.2, 0) is 6.18 Å². The van der Waals surface area contributed by atoms with Gasteiger partial charge in [0.25, 0.3) is 0 Å². The minimum Gasteiger partial charge on any atom is -0.206 e. The second-order valence-corrected chi connectivity index (χ2v) is 3.66. The van der Waals surface area contributed by atoms with Crippen LogP contribution in [0.1, 0.15) is 24.0 Å². The molecule has 0 aliphatic rings. The highest BCUT2D eigenvalue weighted by Crippen LogP contribution is 2.31. The van der Waals surface area contributed by atoms with Crippen molar-refractivity contribution in [2.75, 3.05) is 5.88 Å². The van der Waals surface area contributed by atoms with E-state index in [1.165, 1.54) is 0 Å². The van der Waals surface area contributed by atoms with Gasteiger partial charge in [-0.3, -0.25) is 0 Å². The summed E-state index contributed by atoms with van der Waals surface area (Å²) in [4.78, 5) is 0. The molecule has 1 aromatic rings. The summed E-state index contributed by atoms with van der Waals surface area (Å²) in [6.45, 7) is 0. The van der Waals surface area contributed by atoms with Crippen LogP contribution in [0.25, 0.3) is 0 Å². The molecule has 17 heavy (non-hydrogen) atoms. The molecule has 0 fully saturated rings. The van der Waals surface area contributed by atoms with Gasteiger partial charge in [0.05, 0.1) is 5.56 Å². The number of hydrogen-bond donors (Lipinski definition) is 0. The molecule has 0 saturated heterocycles. The lowest BCUT2D eigenvalue weighted by Gasteiger charge is -2.07. The lowest BCUT2D eigenvalue weighted by molar-refractivity contribution is -0.140. The summed E-state index contributed by atoms with van der Waals surface area (Å²) in [7, 11) is 0. The van der Waals surface area contributed by atoms with E-state index < -0.39 is 17.6 Å². The summed E-state index contributed by atoms with van der Waals surface area (Å²) >= 11 is 5.43. The third-order valence-corrected chi connectivity index (χ3v) is 2.21. The molecule has 0 heterocycles. The molecule has 1 aromatic carbocycles. The van der Waals surface area contributed by atoms with Gasteiger partial charge < -0.3 is 0 Å². The van der Waals surface area contributed by atoms with E-state index in [1.54, 1.807) is 0 Å². The van der Waals surface area contributed by atoms with Gasteiger partial charge in [0.1, 0.15) is 5.82 Å². The zero-order valence-electron chi connectivity index (χ0n) is 8.74. The number of rotatable bonds is 2. The molecule has 5 heteroatoms. The van der Waals surface area contributed by atoms with E-state index in [9.17, 15) is 17.6 Å². The normalized spacial score (nSPS) is 10.9. The summed E-state index contributed by atoms with van der Waals surface area (Å²) < 4.78 is 49.8. The first-order valence-electron chi connectivity index (χ1n) is 4.86. The van der Waals surface area contributed by atoms with Crippen molar-refractivity contribution in [3.05, 3.63) is 35.1 Å². The number of halogens is 5. The zero-order valence-corrected chi connectivity index (χ0v) is 9.50. The van der Waals surface area contributed by atoms with Crippen LogP contribution in [0.2, 0.25) is 0 Å². The van der Waals surface area contributed by atoms with E-state index in [0.717, 1.165) is 12.1 Å². The van der Waals surface area contributed by atoms with E-state index in [1.807, 2.05) is 0 Å². The second-order valence-electron chi connectivity index (χ2n) is 3.29. The molecule has 0 spiro atoms. The average Bonchev–Trinajstić information content (AvgIpc) is 2.23. The van der Waals surface area contributed by atoms with Crippen LogP contribution < -0.4 is 0 Å². The maximum absolute atomic E-state index is 13.1. The summed E-state index contributed by atoms with van der Waals surface area (Å²) in [6.07, 6.45) is -3.45. The van der Waals surface area contributed by atoms with E-state index in [0.29, 0.717) is 24.8 Å². The number of alkyl halides is 4. The van der Waals surface area contributed by atoms with Gasteiger partial charge in [0.15, 0.2) is 0 Å². The Morgan fingerprint density at radius 2 is 1.94 bits per heavy atom. The Morgan fingerprint density at radius 1 is 1.24 bits per heavy atom. The van der Waals surface area contributed by atoms with Crippen LogP contribution in [0.15, 0.2) is 18.2 Å². The lowest BCUT2D eigenvalue weighted by atomic mass is 10.1. The standard InChI is InChI=1S/C12H9ClF4/c13-7-3-1-2-4-9-5-6-10(11(14)8-9)12(15,16)17/h5-6,8H,1,3,7H2. The second kappa shape index (κ2) is 5.92. The lowest BCUT2D eigenvalue weighted by Crippen LogP contribution is -2.07. The summed E-state index contributed by atoms with van der Waals surface area (Å²) in [5.74, 6) is 4.45. The fraction of sp³-hybridized carbons (Fsp3) is 0.333. The van der Waals surface area contributed by atoms with Crippen molar-refractivity contribution >= 4 is 11.6 Å². The van der Waals surface area contributed by atoms with Gasteiger partial charge in [0, 0.05) is 17.9 Å². The maximum Gasteiger partial charge on any atom is 0.419 e. The van der Waals surface area contributed by atoms with Gasteiger partial charge in [-0.05, 0) is 24.6 Å². The molecule has 0 aromatic heterocycles. The molecule has 0 nitrogen and oxygen atoms in total. The number of unbranched alkanes of at least 4 members (excludes halogenated alkanes) is 1. The van der Waals surface area contributed by atoms with Crippen molar-refractivity contribution < 1.29 is 17.6 Å². The molecule has 1 rings (SSSR count). The monoisotopic (exact) mass is 264 g/mol. The van der Waals surface area contributed by atoms with Crippen LogP contribution in [0.3, 0.4) is 0 Å². The summed E-state index contributed by atoms with van der Waals surface area (Å²) in [6, 6.07) is 2.64. The van der Waals surface area contributed by atoms with Crippen LogP contribution >= 0.6 is 11.6 Å². The van der Waals surface area contributed by atoms with Gasteiger partial charge in [-0.1, -0.05) is 11.8 Å². The van der Waals surface area contributed by atoms with Gasteiger partial charge in [-0.25, -0.2) is 4.39 Å². The minimum atomic E-state index is -4.67. The molecule has 0 atom stereocenters. The van der Waals surface area contributed by atoms with Crippen LogP contribution in [0.5, 0.6) is 0 Å². The molecule has 0 bridgehead atoms. The van der Waals surface area contributed by atoms with Gasteiger partial charge in [-0.15, -0.1) is 11.6 Å². The van der Waals surface area contributed by atoms with Crippen molar-refractivity contribution in [2.24, 2.45) is 0 Å². The first-order chi connectivity index (χ1) is 7.95. The fourth-order valence-electron chi connectivity index (χ4n) is 1.14. The van der Waals surface area contributed by atoms with Crippen molar-refractivity contribution in [3.63, 3.8) is 0 Å². The van der Waals surface area contributed by atoms with Crippen molar-refractivity contribution in [2.45, 2.75) is 19.0 Å². The van der Waals surface area contributed by atoms with Crippen molar-refractivity contribution in [3.8, 4) is 11.8 Å². The Labute approximate surface area is 102 Å². The first-order valence-corrected chi connectivity index (χ1v) is 5.40. The predicted molar refractivity (Wildman–Crippen MR) is 58.2 cm³/mol. The van der Waals surface area contributed by atoms with Crippen LogP contribution in [0, 0.1) is 17.7 Å². The third-order valence-electron chi connectivity index (χ3n) is 1.94. The highest BCUT2D eigenvalue weighted by atomic mass is 35.5. The maximum atomic E-state index is 13.1. The highest BCUT2D eigenvalue weighted by molar-refractivity contribution is 6.17. The Kier molecular flexibility index (Phi) is 4.83. The first kappa shape index (κ1) is 13.9. The zero-order chi connectivity index (χ0) is 12.9. The fourth-order valence-corrected chi connectivity index (χ4v) is 1.28. The van der Waals surface area contributed by atoms with Crippen LogP contribution in [0.4, 0.5) is 17.6 Å². The highest BCUT2D eigenvalue weighted by Gasteiger charge is 2.33. The molecule has 92 valence electrons. The molecular weight excluding hydrogens is 256 g/mol. The van der Waals surface area contributed by atoms with Crippen molar-refractivity contribution in [1.29, 1.82) is 0 Å². The Balaban J connectivity index is 2.85. The molecule has 0 radical (unpaired) electrons. The summed E-state index contributed by atoms with van der Waals surface area (Å²) in [5.41, 5.74) is -1.05. The SMILES string of the molecule is Fc1cc(C#CCCCCl)ccc1C(F)(F)F. The molecule has 0 unspecified atom stereocenters. The molecule has 0 N–H and O–H groups in total. The quantitative estimate of drug-likeness (QED) is 0.325. The van der Waals surface area contributed by atoms with E-state index in [2.05, 4.69) is 11.8 Å². The smallest absolute Gasteiger partial charge is 0.206 e. The number of benzene rings is 1. The van der Waals surface area contributed by atoms with Gasteiger partial charge in [-0.2, -0.15) is 13.2 Å². The molecule has 0 saturated carbocycles. The van der Waals surface area contributed by atoms with Crippen LogP contribution in [-0.4, -0.2) is 5.88 Å². The molecule has 0 aliphatic heterocycles. The van der Waals surface area contributed by atoms with Gasteiger partial charge in [0.2, 0.25) is 0 Å².